The van der Waals surface area contributed by atoms with Crippen LogP contribution in [0.25, 0.3) is 0 Å². The second-order valence-electron chi connectivity index (χ2n) is 6.34. The van der Waals surface area contributed by atoms with Gasteiger partial charge in [-0.1, -0.05) is 71.9 Å². The molecular weight excluding hydrogens is 390 g/mol. The second kappa shape index (κ2) is 15.9. The van der Waals surface area contributed by atoms with Crippen molar-refractivity contribution in [3.8, 4) is 11.5 Å². The molecule has 2 aromatic rings. The van der Waals surface area contributed by atoms with Gasteiger partial charge in [0.1, 0.15) is 5.75 Å². The van der Waals surface area contributed by atoms with Gasteiger partial charge in [0.05, 0.1) is 5.69 Å². The van der Waals surface area contributed by atoms with Crippen LogP contribution in [0.2, 0.25) is 0 Å². The number of para-hydroxylation sites is 3. The second-order valence-corrected chi connectivity index (χ2v) is 6.34. The number of ether oxygens (including phenoxy) is 1. The van der Waals surface area contributed by atoms with Gasteiger partial charge in [0.15, 0.2) is 5.75 Å². The topological polar surface area (TPSA) is 66.8 Å². The molecular formula is C26H39NO4. The molecule has 31 heavy (non-hydrogen) atoms. The molecule has 1 amide bonds. The Morgan fingerprint density at radius 1 is 0.968 bits per heavy atom. The minimum atomic E-state index is -0.830. The van der Waals surface area contributed by atoms with Crippen LogP contribution in [-0.2, 0) is 9.59 Å². The van der Waals surface area contributed by atoms with E-state index in [1.807, 2.05) is 97.0 Å². The number of nitrogens with zero attached hydrogens (tertiary/aromatic N) is 1. The molecule has 0 aromatic heterocycles. The van der Waals surface area contributed by atoms with Crippen LogP contribution in [0.1, 0.15) is 66.4 Å². The molecule has 1 aliphatic heterocycles. The van der Waals surface area contributed by atoms with Crippen molar-refractivity contribution in [3.63, 3.8) is 0 Å². The Bertz CT molecular complexity index is 788. The number of piperidine rings is 1. The smallest absolute Gasteiger partial charge is 0.303 e. The number of anilines is 1. The van der Waals surface area contributed by atoms with E-state index in [2.05, 4.69) is 0 Å². The number of carboxylic acids is 1. The lowest BCUT2D eigenvalue weighted by Crippen LogP contribution is -2.40. The predicted octanol–water partition coefficient (Wildman–Crippen LogP) is 7.08. The fraction of sp³-hybridized carbons (Fsp3) is 0.462. The van der Waals surface area contributed by atoms with Crippen LogP contribution in [0.3, 0.4) is 0 Å². The van der Waals surface area contributed by atoms with Gasteiger partial charge in [-0.2, -0.15) is 0 Å². The first-order chi connectivity index (χ1) is 15.0. The van der Waals surface area contributed by atoms with Crippen molar-refractivity contribution in [2.45, 2.75) is 67.7 Å². The first kappa shape index (κ1) is 28.2. The third-order valence-electron chi connectivity index (χ3n) is 4.44. The Morgan fingerprint density at radius 2 is 1.52 bits per heavy atom. The molecule has 1 saturated heterocycles. The molecule has 2 aromatic carbocycles. The van der Waals surface area contributed by atoms with Crippen molar-refractivity contribution < 1.29 is 19.4 Å². The van der Waals surface area contributed by atoms with Gasteiger partial charge in [-0.05, 0) is 43.0 Å². The summed E-state index contributed by atoms with van der Waals surface area (Å²) in [6.07, 6.45) is 1.05. The first-order valence-corrected chi connectivity index (χ1v) is 11.4. The summed E-state index contributed by atoms with van der Waals surface area (Å²) in [5.74, 6) is 0.468. The van der Waals surface area contributed by atoms with E-state index in [9.17, 15) is 9.59 Å². The Kier molecular flexibility index (Phi) is 14.5. The van der Waals surface area contributed by atoms with E-state index in [1.165, 1.54) is 0 Å². The monoisotopic (exact) mass is 429 g/mol. The number of hydrogen-bond donors (Lipinski definition) is 1. The standard InChI is InChI=1S/C20H21NO4.3C2H6/c1-14-6-2-4-8-17(14)25-18-9-5-3-7-16(18)21-13-15(12-20(23)24)10-11-19(21)22;3*1-2/h2-9,15H,10-13H2,1H3,(H,23,24);3*1-2H3/t15-;;;/m0.../s1. The molecule has 0 unspecified atom stereocenters. The first-order valence-electron chi connectivity index (χ1n) is 11.4. The Morgan fingerprint density at radius 3 is 2.10 bits per heavy atom. The minimum absolute atomic E-state index is 0.00229. The summed E-state index contributed by atoms with van der Waals surface area (Å²) in [4.78, 5) is 25.1. The molecule has 0 radical (unpaired) electrons. The van der Waals surface area contributed by atoms with Crippen LogP contribution in [0, 0.1) is 12.8 Å². The lowest BCUT2D eigenvalue weighted by molar-refractivity contribution is -0.138. The van der Waals surface area contributed by atoms with Crippen molar-refractivity contribution >= 4 is 17.6 Å². The molecule has 1 aliphatic rings. The number of carbonyl (C=O) groups excluding carboxylic acids is 1. The van der Waals surface area contributed by atoms with Gasteiger partial charge < -0.3 is 14.7 Å². The number of aryl methyl sites for hydroxylation is 1. The number of aliphatic carboxylic acids is 1. The number of benzene rings is 2. The van der Waals surface area contributed by atoms with Gasteiger partial charge >= 0.3 is 5.97 Å². The Hall–Kier alpha value is -2.82. The summed E-state index contributed by atoms with van der Waals surface area (Å²) in [5, 5.41) is 9.04. The number of carboxylic acid groups (broad SMARTS) is 1. The van der Waals surface area contributed by atoms with Crippen LogP contribution in [0.15, 0.2) is 48.5 Å². The summed E-state index contributed by atoms with van der Waals surface area (Å²) in [6.45, 7) is 14.4. The number of hydrogen-bond acceptors (Lipinski definition) is 3. The zero-order valence-corrected chi connectivity index (χ0v) is 20.1. The molecule has 172 valence electrons. The maximum Gasteiger partial charge on any atom is 0.303 e. The molecule has 0 aliphatic carbocycles. The predicted molar refractivity (Wildman–Crippen MR) is 129 cm³/mol. The molecule has 5 heteroatoms. The molecule has 1 N–H and O–H groups in total. The Balaban J connectivity index is 0.00000138. The fourth-order valence-electron chi connectivity index (χ4n) is 3.12. The third kappa shape index (κ3) is 8.83. The zero-order chi connectivity index (χ0) is 23.8. The molecule has 3 rings (SSSR count). The van der Waals surface area contributed by atoms with E-state index in [4.69, 9.17) is 9.84 Å². The van der Waals surface area contributed by atoms with Crippen molar-refractivity contribution in [2.24, 2.45) is 5.92 Å². The molecule has 1 atom stereocenters. The highest BCUT2D eigenvalue weighted by atomic mass is 16.5. The highest BCUT2D eigenvalue weighted by Gasteiger charge is 2.29. The molecule has 1 heterocycles. The van der Waals surface area contributed by atoms with Crippen molar-refractivity contribution in [3.05, 3.63) is 54.1 Å². The number of rotatable bonds is 5. The van der Waals surface area contributed by atoms with Gasteiger partial charge in [0, 0.05) is 19.4 Å². The molecule has 1 fully saturated rings. The van der Waals surface area contributed by atoms with Gasteiger partial charge in [-0.3, -0.25) is 9.59 Å². The van der Waals surface area contributed by atoms with Crippen molar-refractivity contribution in [1.29, 1.82) is 0 Å². The van der Waals surface area contributed by atoms with E-state index in [1.54, 1.807) is 4.90 Å². The average molecular weight is 430 g/mol. The summed E-state index contributed by atoms with van der Waals surface area (Å²) in [7, 11) is 0. The number of amides is 1. The van der Waals surface area contributed by atoms with E-state index < -0.39 is 5.97 Å². The maximum atomic E-state index is 12.4. The molecule has 0 saturated carbocycles. The zero-order valence-electron chi connectivity index (χ0n) is 20.1. The summed E-state index contributed by atoms with van der Waals surface area (Å²) >= 11 is 0. The van der Waals surface area contributed by atoms with Gasteiger partial charge in [0.25, 0.3) is 0 Å². The van der Waals surface area contributed by atoms with Crippen LogP contribution in [0.4, 0.5) is 5.69 Å². The summed E-state index contributed by atoms with van der Waals surface area (Å²) < 4.78 is 6.05. The molecule has 5 nitrogen and oxygen atoms in total. The lowest BCUT2D eigenvalue weighted by atomic mass is 9.94. The summed E-state index contributed by atoms with van der Waals surface area (Å²) in [6, 6.07) is 15.1. The van der Waals surface area contributed by atoms with E-state index in [0.29, 0.717) is 30.8 Å². The largest absolute Gasteiger partial charge is 0.481 e. The van der Waals surface area contributed by atoms with E-state index in [-0.39, 0.29) is 18.2 Å². The van der Waals surface area contributed by atoms with Crippen molar-refractivity contribution in [1.82, 2.24) is 0 Å². The number of carbonyl (C=O) groups is 2. The van der Waals surface area contributed by atoms with Gasteiger partial charge in [-0.15, -0.1) is 0 Å². The lowest BCUT2D eigenvalue weighted by Gasteiger charge is -2.33. The van der Waals surface area contributed by atoms with E-state index in [0.717, 1.165) is 11.3 Å². The van der Waals surface area contributed by atoms with E-state index >= 15 is 0 Å². The highest BCUT2D eigenvalue weighted by molar-refractivity contribution is 5.95. The van der Waals surface area contributed by atoms with Crippen molar-refractivity contribution in [2.75, 3.05) is 11.4 Å². The maximum absolute atomic E-state index is 12.4. The molecule has 0 bridgehead atoms. The SMILES string of the molecule is CC.CC.CC.Cc1ccccc1Oc1ccccc1N1C[C@H](CC(=O)O)CCC1=O. The quantitative estimate of drug-likeness (QED) is 0.551. The fourth-order valence-corrected chi connectivity index (χ4v) is 3.12. The van der Waals surface area contributed by atoms with Crippen LogP contribution < -0.4 is 9.64 Å². The van der Waals surface area contributed by atoms with Gasteiger partial charge in [-0.25, -0.2) is 0 Å². The normalized spacial score (nSPS) is 14.6. The Labute approximate surface area is 188 Å². The minimum Gasteiger partial charge on any atom is -0.481 e. The third-order valence-corrected chi connectivity index (χ3v) is 4.44. The van der Waals surface area contributed by atoms with Crippen LogP contribution in [-0.4, -0.2) is 23.5 Å². The molecule has 0 spiro atoms. The van der Waals surface area contributed by atoms with Gasteiger partial charge in [0.2, 0.25) is 5.91 Å². The van der Waals surface area contributed by atoms with Crippen LogP contribution >= 0.6 is 0 Å². The highest BCUT2D eigenvalue weighted by Crippen LogP contribution is 2.36. The van der Waals surface area contributed by atoms with Crippen LogP contribution in [0.5, 0.6) is 11.5 Å². The summed E-state index contributed by atoms with van der Waals surface area (Å²) in [5.41, 5.74) is 1.69. The average Bonchev–Trinajstić information content (AvgIpc) is 2.81.